The molecule has 9 heteroatoms. The van der Waals surface area contributed by atoms with E-state index in [9.17, 15) is 14.7 Å². The van der Waals surface area contributed by atoms with E-state index in [2.05, 4.69) is 26.2 Å². The Morgan fingerprint density at radius 1 is 1.05 bits per heavy atom. The maximum atomic E-state index is 13.5. The van der Waals surface area contributed by atoms with E-state index < -0.39 is 5.97 Å². The van der Waals surface area contributed by atoms with E-state index in [0.29, 0.717) is 22.7 Å². The van der Waals surface area contributed by atoms with Gasteiger partial charge in [0.1, 0.15) is 11.5 Å². The summed E-state index contributed by atoms with van der Waals surface area (Å²) in [7, 11) is 0. The number of nitrogens with one attached hydrogen (secondary N) is 1. The molecule has 0 amide bonds. The molecule has 4 heterocycles. The predicted molar refractivity (Wildman–Crippen MR) is 145 cm³/mol. The maximum Gasteiger partial charge on any atom is 0.337 e. The van der Waals surface area contributed by atoms with Gasteiger partial charge in [0, 0.05) is 49.8 Å². The number of pyridine rings is 2. The highest BCUT2D eigenvalue weighted by Crippen LogP contribution is 2.27. The standard InChI is InChI=1S/C28H30N6O3/c1-18-15-23(20(3)30-24-9-5-4-8-22(24)28(36)37)26-31-25(19(2)27(35)34(26)17-18)33-13-11-32(12-14-33)21-7-6-10-29-16-21/h4-10,15-17,20,30H,11-14H2,1-3H3,(H,36,37). The number of aryl methyl sites for hydroxylation is 1. The van der Waals surface area contributed by atoms with Crippen molar-refractivity contribution in [2.24, 2.45) is 0 Å². The number of rotatable bonds is 6. The first-order valence-corrected chi connectivity index (χ1v) is 12.4. The lowest BCUT2D eigenvalue weighted by molar-refractivity contribution is 0.0698. The maximum absolute atomic E-state index is 13.5. The van der Waals surface area contributed by atoms with Gasteiger partial charge in [-0.15, -0.1) is 0 Å². The first-order valence-electron chi connectivity index (χ1n) is 12.4. The van der Waals surface area contributed by atoms with Gasteiger partial charge in [0.15, 0.2) is 0 Å². The Labute approximate surface area is 215 Å². The fourth-order valence-electron chi connectivity index (χ4n) is 4.93. The summed E-state index contributed by atoms with van der Waals surface area (Å²) >= 11 is 0. The summed E-state index contributed by atoms with van der Waals surface area (Å²) in [6.45, 7) is 8.80. The molecule has 3 aromatic heterocycles. The fraction of sp³-hybridized carbons (Fsp3) is 0.286. The van der Waals surface area contributed by atoms with Gasteiger partial charge >= 0.3 is 5.97 Å². The lowest BCUT2D eigenvalue weighted by Crippen LogP contribution is -2.47. The molecule has 5 rings (SSSR count). The van der Waals surface area contributed by atoms with Gasteiger partial charge in [-0.3, -0.25) is 14.2 Å². The molecule has 1 atom stereocenters. The highest BCUT2D eigenvalue weighted by atomic mass is 16.4. The summed E-state index contributed by atoms with van der Waals surface area (Å²) in [5, 5.41) is 12.9. The summed E-state index contributed by atoms with van der Waals surface area (Å²) in [6.07, 6.45) is 5.45. The summed E-state index contributed by atoms with van der Waals surface area (Å²) < 4.78 is 1.61. The minimum atomic E-state index is -0.998. The largest absolute Gasteiger partial charge is 0.478 e. The average molecular weight is 499 g/mol. The molecule has 0 radical (unpaired) electrons. The fourth-order valence-corrected chi connectivity index (χ4v) is 4.93. The molecule has 0 aliphatic carbocycles. The molecule has 1 aliphatic rings. The molecule has 2 N–H and O–H groups in total. The second-order valence-corrected chi connectivity index (χ2v) is 9.43. The number of carbonyl (C=O) groups is 1. The number of aromatic carboxylic acids is 1. The van der Waals surface area contributed by atoms with E-state index >= 15 is 0 Å². The Kier molecular flexibility index (Phi) is 6.52. The van der Waals surface area contributed by atoms with Crippen molar-refractivity contribution >= 4 is 28.8 Å². The number of para-hydroxylation sites is 1. The van der Waals surface area contributed by atoms with Crippen LogP contribution in [-0.4, -0.2) is 51.6 Å². The van der Waals surface area contributed by atoms with Crippen LogP contribution in [-0.2, 0) is 0 Å². The molecular formula is C28H30N6O3. The van der Waals surface area contributed by atoms with Gasteiger partial charge in [-0.25, -0.2) is 9.78 Å². The lowest BCUT2D eigenvalue weighted by atomic mass is 10.1. The first-order chi connectivity index (χ1) is 17.8. The van der Waals surface area contributed by atoms with Crippen LogP contribution in [0.2, 0.25) is 0 Å². The number of hydrogen-bond donors (Lipinski definition) is 2. The molecule has 1 aliphatic heterocycles. The average Bonchev–Trinajstić information content (AvgIpc) is 2.91. The number of fused-ring (bicyclic) bond motifs is 1. The van der Waals surface area contributed by atoms with Crippen LogP contribution in [0.5, 0.6) is 0 Å². The number of carboxylic acids is 1. The van der Waals surface area contributed by atoms with Gasteiger partial charge in [-0.05, 0) is 56.7 Å². The van der Waals surface area contributed by atoms with Crippen molar-refractivity contribution in [2.45, 2.75) is 26.8 Å². The Hall–Kier alpha value is -4.40. The van der Waals surface area contributed by atoms with Crippen LogP contribution in [0.4, 0.5) is 17.2 Å². The van der Waals surface area contributed by atoms with Crippen LogP contribution >= 0.6 is 0 Å². The topological polar surface area (TPSA) is 103 Å². The number of nitrogens with zero attached hydrogens (tertiary/aromatic N) is 5. The van der Waals surface area contributed by atoms with Gasteiger partial charge in [0.25, 0.3) is 5.56 Å². The Morgan fingerprint density at radius 3 is 2.49 bits per heavy atom. The Balaban J connectivity index is 1.50. The smallest absolute Gasteiger partial charge is 0.337 e. The third kappa shape index (κ3) is 4.72. The third-order valence-electron chi connectivity index (χ3n) is 6.88. The Morgan fingerprint density at radius 2 is 1.78 bits per heavy atom. The minimum absolute atomic E-state index is 0.0993. The van der Waals surface area contributed by atoms with Gasteiger partial charge < -0.3 is 20.2 Å². The minimum Gasteiger partial charge on any atom is -0.478 e. The second kappa shape index (κ2) is 9.93. The molecule has 190 valence electrons. The zero-order chi connectivity index (χ0) is 26.1. The van der Waals surface area contributed by atoms with Crippen molar-refractivity contribution in [3.05, 3.63) is 93.7 Å². The van der Waals surface area contributed by atoms with Crippen molar-refractivity contribution in [1.29, 1.82) is 0 Å². The number of hydrogen-bond acceptors (Lipinski definition) is 7. The number of anilines is 3. The number of carboxylic acid groups (broad SMARTS) is 1. The first kappa shape index (κ1) is 24.3. The molecule has 0 spiro atoms. The molecule has 1 aromatic carbocycles. The van der Waals surface area contributed by atoms with Crippen LogP contribution in [0.1, 0.15) is 40.0 Å². The van der Waals surface area contributed by atoms with E-state index in [-0.39, 0.29) is 17.2 Å². The van der Waals surface area contributed by atoms with Crippen LogP contribution < -0.4 is 20.7 Å². The van der Waals surface area contributed by atoms with Crippen molar-refractivity contribution in [3.8, 4) is 0 Å². The number of aromatic nitrogens is 3. The summed E-state index contributed by atoms with van der Waals surface area (Å²) in [4.78, 5) is 38.9. The lowest BCUT2D eigenvalue weighted by Gasteiger charge is -2.37. The SMILES string of the molecule is Cc1cc(C(C)Nc2ccccc2C(=O)O)c2nc(N3CCN(c4cccnc4)CC3)c(C)c(=O)n2c1. The van der Waals surface area contributed by atoms with Crippen molar-refractivity contribution in [2.75, 3.05) is 41.3 Å². The molecule has 1 saturated heterocycles. The van der Waals surface area contributed by atoms with Crippen LogP contribution in [0, 0.1) is 13.8 Å². The second-order valence-electron chi connectivity index (χ2n) is 9.43. The predicted octanol–water partition coefficient (Wildman–Crippen LogP) is 3.90. The van der Waals surface area contributed by atoms with Gasteiger partial charge in [0.05, 0.1) is 29.1 Å². The highest BCUT2D eigenvalue weighted by molar-refractivity contribution is 5.94. The van der Waals surface area contributed by atoms with Crippen LogP contribution in [0.15, 0.2) is 65.8 Å². The van der Waals surface area contributed by atoms with E-state index in [1.54, 1.807) is 34.9 Å². The van der Waals surface area contributed by atoms with Crippen molar-refractivity contribution in [1.82, 2.24) is 14.4 Å². The van der Waals surface area contributed by atoms with Crippen molar-refractivity contribution in [3.63, 3.8) is 0 Å². The molecule has 37 heavy (non-hydrogen) atoms. The number of piperazine rings is 1. The van der Waals surface area contributed by atoms with Crippen LogP contribution in [0.3, 0.4) is 0 Å². The zero-order valence-corrected chi connectivity index (χ0v) is 21.2. The molecule has 9 nitrogen and oxygen atoms in total. The summed E-state index contributed by atoms with van der Waals surface area (Å²) in [5.41, 5.74) is 4.63. The molecule has 1 fully saturated rings. The molecule has 0 saturated carbocycles. The Bertz CT molecular complexity index is 1510. The van der Waals surface area contributed by atoms with Gasteiger partial charge in [0.2, 0.25) is 0 Å². The summed E-state index contributed by atoms with van der Waals surface area (Å²) in [6, 6.07) is 12.5. The molecule has 0 bridgehead atoms. The molecular weight excluding hydrogens is 468 g/mol. The molecule has 1 unspecified atom stereocenters. The highest BCUT2D eigenvalue weighted by Gasteiger charge is 2.24. The van der Waals surface area contributed by atoms with Gasteiger partial charge in [-0.1, -0.05) is 12.1 Å². The monoisotopic (exact) mass is 498 g/mol. The van der Waals surface area contributed by atoms with E-state index in [4.69, 9.17) is 4.98 Å². The normalized spacial score (nSPS) is 14.6. The van der Waals surface area contributed by atoms with E-state index in [1.807, 2.05) is 45.3 Å². The quantitative estimate of drug-likeness (QED) is 0.413. The molecule has 4 aromatic rings. The number of benzene rings is 1. The van der Waals surface area contributed by atoms with E-state index in [1.165, 1.54) is 0 Å². The van der Waals surface area contributed by atoms with E-state index in [0.717, 1.165) is 43.0 Å². The summed E-state index contributed by atoms with van der Waals surface area (Å²) in [5.74, 6) is -0.304. The van der Waals surface area contributed by atoms with Crippen LogP contribution in [0.25, 0.3) is 5.65 Å². The zero-order valence-electron chi connectivity index (χ0n) is 21.2. The van der Waals surface area contributed by atoms with Crippen molar-refractivity contribution < 1.29 is 9.90 Å². The third-order valence-corrected chi connectivity index (χ3v) is 6.88. The van der Waals surface area contributed by atoms with Gasteiger partial charge in [-0.2, -0.15) is 0 Å².